The lowest BCUT2D eigenvalue weighted by molar-refractivity contribution is -0.140. The maximum absolute atomic E-state index is 13.3. The Hall–Kier alpha value is -1.98. The van der Waals surface area contributed by atoms with Gasteiger partial charge in [-0.3, -0.25) is 4.79 Å². The number of alkyl halides is 3. The Bertz CT molecular complexity index is 675. The molecule has 0 radical (unpaired) electrons. The van der Waals surface area contributed by atoms with E-state index < -0.39 is 17.7 Å². The first-order valence-corrected chi connectivity index (χ1v) is 8.91. The fourth-order valence-corrected chi connectivity index (χ4v) is 3.32. The van der Waals surface area contributed by atoms with Crippen molar-refractivity contribution in [3.8, 4) is 5.75 Å². The summed E-state index contributed by atoms with van der Waals surface area (Å²) in [5, 5.41) is 8.70. The molecule has 0 atom stereocenters. The van der Waals surface area contributed by atoms with Crippen LogP contribution in [0.15, 0.2) is 29.3 Å². The number of carboxylic acid groups (broad SMARTS) is 1. The van der Waals surface area contributed by atoms with Crippen LogP contribution in [-0.4, -0.2) is 17.7 Å². The third kappa shape index (κ3) is 5.78. The number of aliphatic carboxylic acids is 1. The van der Waals surface area contributed by atoms with E-state index in [4.69, 9.17) is 9.84 Å². The third-order valence-electron chi connectivity index (χ3n) is 4.52. The Kier molecular flexibility index (Phi) is 6.73. The van der Waals surface area contributed by atoms with Crippen LogP contribution in [0, 0.1) is 5.92 Å². The van der Waals surface area contributed by atoms with Crippen molar-refractivity contribution in [2.75, 3.05) is 6.61 Å². The summed E-state index contributed by atoms with van der Waals surface area (Å²) < 4.78 is 45.5. The summed E-state index contributed by atoms with van der Waals surface area (Å²) >= 11 is 0. The second-order valence-corrected chi connectivity index (χ2v) is 7.16. The van der Waals surface area contributed by atoms with Gasteiger partial charge >= 0.3 is 12.1 Å². The van der Waals surface area contributed by atoms with Gasteiger partial charge in [-0.15, -0.1) is 0 Å². The summed E-state index contributed by atoms with van der Waals surface area (Å²) in [6.07, 6.45) is -0.988. The van der Waals surface area contributed by atoms with Crippen molar-refractivity contribution in [1.29, 1.82) is 0 Å². The monoisotopic (exact) mass is 370 g/mol. The average molecular weight is 370 g/mol. The number of carboxylic acids is 1. The van der Waals surface area contributed by atoms with Gasteiger partial charge in [0.2, 0.25) is 0 Å². The average Bonchev–Trinajstić information content (AvgIpc) is 2.96. The molecule has 1 N–H and O–H groups in total. The molecule has 0 unspecified atom stereocenters. The topological polar surface area (TPSA) is 46.5 Å². The van der Waals surface area contributed by atoms with Crippen LogP contribution in [0.2, 0.25) is 0 Å². The van der Waals surface area contributed by atoms with Crippen molar-refractivity contribution in [1.82, 2.24) is 0 Å². The highest BCUT2D eigenvalue weighted by molar-refractivity contribution is 5.67. The van der Waals surface area contributed by atoms with Crippen LogP contribution in [0.4, 0.5) is 13.2 Å². The van der Waals surface area contributed by atoms with Crippen LogP contribution < -0.4 is 4.74 Å². The normalized spacial score (nSPS) is 15.0. The van der Waals surface area contributed by atoms with Gasteiger partial charge in [-0.25, -0.2) is 0 Å². The minimum absolute atomic E-state index is 0.0205. The maximum Gasteiger partial charge on any atom is 0.416 e. The molecule has 0 saturated carbocycles. The Morgan fingerprint density at radius 3 is 2.54 bits per heavy atom. The van der Waals surface area contributed by atoms with Crippen molar-refractivity contribution < 1.29 is 27.8 Å². The highest BCUT2D eigenvalue weighted by atomic mass is 19.4. The minimum atomic E-state index is -4.54. The maximum atomic E-state index is 13.3. The van der Waals surface area contributed by atoms with E-state index >= 15 is 0 Å². The fraction of sp³-hybridized carbons (Fsp3) is 0.550. The van der Waals surface area contributed by atoms with Gasteiger partial charge in [-0.1, -0.05) is 25.5 Å². The largest absolute Gasteiger partial charge is 0.489 e. The standard InChI is InChI=1S/C20H25F3O3/c1-13(2)10-15-4-3-5-16(15)12-26-17-8-6-14(7-9-19(24)25)18(11-17)20(21,22)23/h6,8,11,13H,3-5,7,9-10,12H2,1-2H3,(H,24,25). The molecule has 1 aromatic rings. The number of halogens is 3. The van der Waals surface area contributed by atoms with E-state index in [0.29, 0.717) is 12.5 Å². The number of hydrogen-bond donors (Lipinski definition) is 1. The van der Waals surface area contributed by atoms with Gasteiger partial charge in [0.1, 0.15) is 12.4 Å². The van der Waals surface area contributed by atoms with E-state index in [-0.39, 0.29) is 24.2 Å². The summed E-state index contributed by atoms with van der Waals surface area (Å²) in [5.41, 5.74) is 1.73. The van der Waals surface area contributed by atoms with Crippen LogP contribution >= 0.6 is 0 Å². The first-order chi connectivity index (χ1) is 12.2. The zero-order valence-electron chi connectivity index (χ0n) is 15.2. The Morgan fingerprint density at radius 1 is 1.23 bits per heavy atom. The highest BCUT2D eigenvalue weighted by Crippen LogP contribution is 2.36. The van der Waals surface area contributed by atoms with Crippen molar-refractivity contribution in [3.05, 3.63) is 40.5 Å². The quantitative estimate of drug-likeness (QED) is 0.604. The van der Waals surface area contributed by atoms with Crippen molar-refractivity contribution in [2.24, 2.45) is 5.92 Å². The van der Waals surface area contributed by atoms with E-state index in [9.17, 15) is 18.0 Å². The number of allylic oxidation sites excluding steroid dienone is 1. The lowest BCUT2D eigenvalue weighted by Gasteiger charge is -2.16. The number of aryl methyl sites for hydroxylation is 1. The second kappa shape index (κ2) is 8.60. The van der Waals surface area contributed by atoms with Gasteiger partial charge in [0.25, 0.3) is 0 Å². The van der Waals surface area contributed by atoms with E-state index in [1.54, 1.807) is 0 Å². The van der Waals surface area contributed by atoms with Gasteiger partial charge in [-0.05, 0) is 61.3 Å². The number of ether oxygens (including phenoxy) is 1. The molecule has 1 aliphatic rings. The Balaban J connectivity index is 2.13. The summed E-state index contributed by atoms with van der Waals surface area (Å²) in [7, 11) is 0. The first-order valence-electron chi connectivity index (χ1n) is 8.91. The third-order valence-corrected chi connectivity index (χ3v) is 4.52. The molecule has 0 heterocycles. The molecule has 0 aromatic heterocycles. The zero-order valence-corrected chi connectivity index (χ0v) is 15.2. The van der Waals surface area contributed by atoms with E-state index in [1.807, 2.05) is 0 Å². The van der Waals surface area contributed by atoms with Gasteiger partial charge in [-0.2, -0.15) is 13.2 Å². The van der Waals surface area contributed by atoms with Gasteiger partial charge in [0.15, 0.2) is 0 Å². The molecule has 0 spiro atoms. The van der Waals surface area contributed by atoms with Crippen LogP contribution in [0.3, 0.4) is 0 Å². The van der Waals surface area contributed by atoms with E-state index in [1.165, 1.54) is 23.3 Å². The van der Waals surface area contributed by atoms with Crippen LogP contribution in [-0.2, 0) is 17.4 Å². The number of rotatable bonds is 8. The fourth-order valence-electron chi connectivity index (χ4n) is 3.32. The lowest BCUT2D eigenvalue weighted by Crippen LogP contribution is -2.11. The van der Waals surface area contributed by atoms with Crippen LogP contribution in [0.5, 0.6) is 5.75 Å². The summed E-state index contributed by atoms with van der Waals surface area (Å²) in [4.78, 5) is 10.6. The molecular weight excluding hydrogens is 345 g/mol. The predicted octanol–water partition coefficient (Wildman–Crippen LogP) is 5.63. The minimum Gasteiger partial charge on any atom is -0.489 e. The smallest absolute Gasteiger partial charge is 0.416 e. The summed E-state index contributed by atoms with van der Waals surface area (Å²) in [5.74, 6) is -0.410. The summed E-state index contributed by atoms with van der Waals surface area (Å²) in [6.45, 7) is 4.61. The molecule has 0 bridgehead atoms. The van der Waals surface area contributed by atoms with Crippen LogP contribution in [0.1, 0.15) is 57.1 Å². The van der Waals surface area contributed by atoms with E-state index in [2.05, 4.69) is 13.8 Å². The van der Waals surface area contributed by atoms with Gasteiger partial charge in [0, 0.05) is 6.42 Å². The van der Waals surface area contributed by atoms with Crippen molar-refractivity contribution >= 4 is 5.97 Å². The molecule has 0 saturated heterocycles. The second-order valence-electron chi connectivity index (χ2n) is 7.16. The molecule has 6 heteroatoms. The van der Waals surface area contributed by atoms with Gasteiger partial charge < -0.3 is 9.84 Å². The number of benzene rings is 1. The Morgan fingerprint density at radius 2 is 1.92 bits per heavy atom. The SMILES string of the molecule is CC(C)CC1=C(COc2ccc(CCC(=O)O)c(C(F)(F)F)c2)CCC1. The van der Waals surface area contributed by atoms with Crippen molar-refractivity contribution in [3.63, 3.8) is 0 Å². The molecule has 26 heavy (non-hydrogen) atoms. The molecule has 1 aromatic carbocycles. The molecular formula is C20H25F3O3. The zero-order chi connectivity index (χ0) is 19.3. The lowest BCUT2D eigenvalue weighted by atomic mass is 10.00. The van der Waals surface area contributed by atoms with Crippen LogP contribution in [0.25, 0.3) is 0 Å². The Labute approximate surface area is 151 Å². The molecule has 2 rings (SSSR count). The predicted molar refractivity (Wildman–Crippen MR) is 93.2 cm³/mol. The van der Waals surface area contributed by atoms with Gasteiger partial charge in [0.05, 0.1) is 5.56 Å². The first kappa shape index (κ1) is 20.3. The van der Waals surface area contributed by atoms with E-state index in [0.717, 1.165) is 31.7 Å². The number of hydrogen-bond acceptors (Lipinski definition) is 2. The number of carbonyl (C=O) groups is 1. The highest BCUT2D eigenvalue weighted by Gasteiger charge is 2.33. The molecule has 1 aliphatic carbocycles. The molecule has 3 nitrogen and oxygen atoms in total. The van der Waals surface area contributed by atoms with Crippen molar-refractivity contribution in [2.45, 2.75) is 58.5 Å². The molecule has 144 valence electrons. The molecule has 0 fully saturated rings. The summed E-state index contributed by atoms with van der Waals surface area (Å²) in [6, 6.07) is 3.79. The molecule has 0 amide bonds. The molecule has 0 aliphatic heterocycles.